The smallest absolute Gasteiger partial charge is 0.274 e. The molecule has 1 saturated heterocycles. The number of anilines is 2. The van der Waals surface area contributed by atoms with Gasteiger partial charge in [0.2, 0.25) is 0 Å². The zero-order chi connectivity index (χ0) is 19.9. The lowest BCUT2D eigenvalue weighted by molar-refractivity contribution is 0.102. The molecular weight excluding hydrogens is 368 g/mol. The van der Waals surface area contributed by atoms with Crippen molar-refractivity contribution in [2.75, 3.05) is 23.8 Å². The van der Waals surface area contributed by atoms with Crippen LogP contribution >= 0.6 is 0 Å². The Morgan fingerprint density at radius 2 is 1.93 bits per heavy atom. The molecule has 0 bridgehead atoms. The second-order valence-corrected chi connectivity index (χ2v) is 6.67. The number of hydrogen-bond donors (Lipinski definition) is 2. The molecule has 1 aliphatic heterocycles. The molecule has 1 aromatic heterocycles. The molecule has 2 N–H and O–H groups in total. The highest BCUT2D eigenvalue weighted by molar-refractivity contribution is 6.04. The Hall–Kier alpha value is -3.45. The summed E-state index contributed by atoms with van der Waals surface area (Å²) < 4.78 is 11.5. The standard InChI is InChI=1S/C22H22N4O3/c27-22(19-13-21(25-15-24-19)23-14-17-9-6-12-28-17)26-18-10-4-5-11-20(18)29-16-7-2-1-3-8-16/h1-5,7-8,10-11,13,15,17H,6,9,12,14H2,(H,26,27)(H,23,24,25). The van der Waals surface area contributed by atoms with Crippen LogP contribution in [0, 0.1) is 0 Å². The number of rotatable bonds is 7. The minimum Gasteiger partial charge on any atom is -0.455 e. The van der Waals surface area contributed by atoms with Crippen LogP contribution in [0.2, 0.25) is 0 Å². The number of nitrogens with zero attached hydrogens (tertiary/aromatic N) is 2. The third-order valence-corrected chi connectivity index (χ3v) is 4.54. The van der Waals surface area contributed by atoms with Crippen LogP contribution in [0.1, 0.15) is 23.3 Å². The second-order valence-electron chi connectivity index (χ2n) is 6.67. The lowest BCUT2D eigenvalue weighted by Crippen LogP contribution is -2.20. The summed E-state index contributed by atoms with van der Waals surface area (Å²) in [6.45, 7) is 1.46. The monoisotopic (exact) mass is 390 g/mol. The summed E-state index contributed by atoms with van der Waals surface area (Å²) in [6.07, 6.45) is 3.67. The van der Waals surface area contributed by atoms with E-state index in [1.165, 1.54) is 6.33 Å². The summed E-state index contributed by atoms with van der Waals surface area (Å²) >= 11 is 0. The van der Waals surface area contributed by atoms with Crippen molar-refractivity contribution in [1.29, 1.82) is 0 Å². The van der Waals surface area contributed by atoms with Crippen molar-refractivity contribution in [2.45, 2.75) is 18.9 Å². The van der Waals surface area contributed by atoms with Crippen molar-refractivity contribution in [3.8, 4) is 11.5 Å². The summed E-state index contributed by atoms with van der Waals surface area (Å²) in [5.74, 6) is 1.50. The van der Waals surface area contributed by atoms with Gasteiger partial charge in [-0.25, -0.2) is 9.97 Å². The highest BCUT2D eigenvalue weighted by atomic mass is 16.5. The summed E-state index contributed by atoms with van der Waals surface area (Å²) in [5.41, 5.74) is 0.832. The largest absolute Gasteiger partial charge is 0.455 e. The molecule has 1 atom stereocenters. The molecule has 1 amide bonds. The van der Waals surface area contributed by atoms with E-state index in [9.17, 15) is 4.79 Å². The molecule has 4 rings (SSSR count). The lowest BCUT2D eigenvalue weighted by atomic mass is 10.2. The molecule has 148 valence electrons. The number of hydrogen-bond acceptors (Lipinski definition) is 6. The van der Waals surface area contributed by atoms with Gasteiger partial charge in [0.1, 0.15) is 23.6 Å². The van der Waals surface area contributed by atoms with E-state index in [0.717, 1.165) is 19.4 Å². The topological polar surface area (TPSA) is 85.4 Å². The van der Waals surface area contributed by atoms with E-state index in [0.29, 0.717) is 29.5 Å². The maximum Gasteiger partial charge on any atom is 0.274 e. The lowest BCUT2D eigenvalue weighted by Gasteiger charge is -2.13. The molecule has 1 fully saturated rings. The molecule has 2 aromatic carbocycles. The Morgan fingerprint density at radius 3 is 2.76 bits per heavy atom. The fourth-order valence-electron chi connectivity index (χ4n) is 3.06. The molecule has 0 spiro atoms. The fraction of sp³-hybridized carbons (Fsp3) is 0.227. The van der Waals surface area contributed by atoms with Crippen LogP contribution in [-0.4, -0.2) is 35.1 Å². The highest BCUT2D eigenvalue weighted by Gasteiger charge is 2.16. The molecule has 7 nitrogen and oxygen atoms in total. The average Bonchev–Trinajstić information content (AvgIpc) is 3.28. The third kappa shape index (κ3) is 5.08. The average molecular weight is 390 g/mol. The van der Waals surface area contributed by atoms with Gasteiger partial charge in [-0.1, -0.05) is 30.3 Å². The van der Waals surface area contributed by atoms with E-state index in [2.05, 4.69) is 20.6 Å². The van der Waals surface area contributed by atoms with Crippen molar-refractivity contribution in [1.82, 2.24) is 9.97 Å². The van der Waals surface area contributed by atoms with Gasteiger partial charge in [0.25, 0.3) is 5.91 Å². The molecule has 29 heavy (non-hydrogen) atoms. The zero-order valence-corrected chi connectivity index (χ0v) is 15.9. The van der Waals surface area contributed by atoms with Crippen molar-refractivity contribution in [3.05, 3.63) is 72.7 Å². The minimum absolute atomic E-state index is 0.184. The third-order valence-electron chi connectivity index (χ3n) is 4.54. The van der Waals surface area contributed by atoms with Gasteiger partial charge in [0, 0.05) is 19.2 Å². The van der Waals surface area contributed by atoms with Gasteiger partial charge in [0.15, 0.2) is 5.75 Å². The van der Waals surface area contributed by atoms with Crippen LogP contribution in [0.15, 0.2) is 67.0 Å². The van der Waals surface area contributed by atoms with E-state index in [1.807, 2.05) is 42.5 Å². The first kappa shape index (κ1) is 18.9. The molecule has 7 heteroatoms. The molecule has 3 aromatic rings. The van der Waals surface area contributed by atoms with Gasteiger partial charge in [-0.3, -0.25) is 4.79 Å². The number of aromatic nitrogens is 2. The molecule has 2 heterocycles. The van der Waals surface area contributed by atoms with Crippen LogP contribution in [0.5, 0.6) is 11.5 Å². The van der Waals surface area contributed by atoms with Crippen LogP contribution in [-0.2, 0) is 4.74 Å². The minimum atomic E-state index is -0.336. The molecule has 1 unspecified atom stereocenters. The summed E-state index contributed by atoms with van der Waals surface area (Å²) in [6, 6.07) is 18.3. The van der Waals surface area contributed by atoms with Crippen molar-refractivity contribution in [3.63, 3.8) is 0 Å². The maximum atomic E-state index is 12.7. The van der Waals surface area contributed by atoms with Crippen molar-refractivity contribution < 1.29 is 14.3 Å². The first-order valence-electron chi connectivity index (χ1n) is 9.59. The predicted octanol–water partition coefficient (Wildman–Crippen LogP) is 4.11. The Bertz CT molecular complexity index is 959. The van der Waals surface area contributed by atoms with Crippen LogP contribution in [0.3, 0.4) is 0 Å². The molecular formula is C22H22N4O3. The Labute approximate surface area is 169 Å². The Kier molecular flexibility index (Phi) is 5.97. The Morgan fingerprint density at radius 1 is 1.10 bits per heavy atom. The number of nitrogens with one attached hydrogen (secondary N) is 2. The molecule has 0 saturated carbocycles. The predicted molar refractivity (Wildman–Crippen MR) is 110 cm³/mol. The van der Waals surface area contributed by atoms with Crippen LogP contribution in [0.25, 0.3) is 0 Å². The molecule has 1 aliphatic rings. The Balaban J connectivity index is 1.43. The molecule has 0 aliphatic carbocycles. The van der Waals surface area contributed by atoms with Gasteiger partial charge in [-0.05, 0) is 37.1 Å². The highest BCUT2D eigenvalue weighted by Crippen LogP contribution is 2.29. The van der Waals surface area contributed by atoms with Gasteiger partial charge in [-0.2, -0.15) is 0 Å². The number of benzene rings is 2. The number of carbonyl (C=O) groups is 1. The van der Waals surface area contributed by atoms with E-state index in [4.69, 9.17) is 9.47 Å². The van der Waals surface area contributed by atoms with Gasteiger partial charge >= 0.3 is 0 Å². The van der Waals surface area contributed by atoms with Crippen molar-refractivity contribution in [2.24, 2.45) is 0 Å². The quantitative estimate of drug-likeness (QED) is 0.631. The first-order chi connectivity index (χ1) is 14.3. The van der Waals surface area contributed by atoms with E-state index in [-0.39, 0.29) is 17.7 Å². The van der Waals surface area contributed by atoms with Gasteiger partial charge in [0.05, 0.1) is 11.8 Å². The van der Waals surface area contributed by atoms with Gasteiger partial charge in [-0.15, -0.1) is 0 Å². The summed E-state index contributed by atoms with van der Waals surface area (Å²) in [5, 5.41) is 6.07. The van der Waals surface area contributed by atoms with Crippen LogP contribution in [0.4, 0.5) is 11.5 Å². The SMILES string of the molecule is O=C(Nc1ccccc1Oc1ccccc1)c1cc(NCC2CCCO2)ncn1. The number of carbonyl (C=O) groups excluding carboxylic acids is 1. The summed E-state index contributed by atoms with van der Waals surface area (Å²) in [4.78, 5) is 21.0. The first-order valence-corrected chi connectivity index (χ1v) is 9.59. The number of ether oxygens (including phenoxy) is 2. The second kappa shape index (κ2) is 9.16. The van der Waals surface area contributed by atoms with E-state index < -0.39 is 0 Å². The molecule has 0 radical (unpaired) electrons. The maximum absolute atomic E-state index is 12.7. The van der Waals surface area contributed by atoms with E-state index in [1.54, 1.807) is 18.2 Å². The van der Waals surface area contributed by atoms with Crippen LogP contribution < -0.4 is 15.4 Å². The normalized spacial score (nSPS) is 15.7. The van der Waals surface area contributed by atoms with E-state index >= 15 is 0 Å². The summed E-state index contributed by atoms with van der Waals surface area (Å²) in [7, 11) is 0. The fourth-order valence-corrected chi connectivity index (χ4v) is 3.06. The number of para-hydroxylation sites is 3. The van der Waals surface area contributed by atoms with Gasteiger partial charge < -0.3 is 20.1 Å². The number of amides is 1. The zero-order valence-electron chi connectivity index (χ0n) is 15.9. The van der Waals surface area contributed by atoms with Crippen molar-refractivity contribution >= 4 is 17.4 Å².